The van der Waals surface area contributed by atoms with Crippen LogP contribution < -0.4 is 0 Å². The van der Waals surface area contributed by atoms with Crippen LogP contribution >= 0.6 is 0 Å². The van der Waals surface area contributed by atoms with Gasteiger partial charge in [-0.15, -0.1) is 0 Å². The van der Waals surface area contributed by atoms with Crippen molar-refractivity contribution < 1.29 is 0 Å². The third-order valence-corrected chi connectivity index (χ3v) is 3.58. The maximum atomic E-state index is 2.33. The number of hydrogen-bond acceptors (Lipinski definition) is 0. The summed E-state index contributed by atoms with van der Waals surface area (Å²) in [5, 5.41) is 0. The average Bonchev–Trinajstić information content (AvgIpc) is 2.57. The van der Waals surface area contributed by atoms with Crippen LogP contribution in [0.25, 0.3) is 0 Å². The Hall–Kier alpha value is 0. The molecule has 0 aromatic carbocycles. The average molecular weight is 181 g/mol. The van der Waals surface area contributed by atoms with Crippen LogP contribution in [0.5, 0.6) is 0 Å². The van der Waals surface area contributed by atoms with Crippen molar-refractivity contribution in [2.75, 3.05) is 0 Å². The molecular formula is C13H25. The highest BCUT2D eigenvalue weighted by molar-refractivity contribution is 4.92. The van der Waals surface area contributed by atoms with E-state index in [1.54, 1.807) is 5.92 Å². The van der Waals surface area contributed by atoms with Crippen LogP contribution in [0.1, 0.15) is 65.7 Å². The highest BCUT2D eigenvalue weighted by Gasteiger charge is 2.26. The van der Waals surface area contributed by atoms with Crippen LogP contribution in [0.4, 0.5) is 0 Å². The second-order valence-electron chi connectivity index (χ2n) is 4.87. The topological polar surface area (TPSA) is 0 Å². The van der Waals surface area contributed by atoms with Crippen LogP contribution in [0.2, 0.25) is 0 Å². The Bertz CT molecular complexity index is 120. The molecule has 0 aromatic rings. The molecule has 1 saturated carbocycles. The summed E-state index contributed by atoms with van der Waals surface area (Å²) >= 11 is 0. The first-order chi connectivity index (χ1) is 6.25. The van der Waals surface area contributed by atoms with Gasteiger partial charge in [0, 0.05) is 0 Å². The van der Waals surface area contributed by atoms with E-state index in [0.29, 0.717) is 0 Å². The monoisotopic (exact) mass is 181 g/mol. The second-order valence-corrected chi connectivity index (χ2v) is 4.87. The van der Waals surface area contributed by atoms with E-state index in [4.69, 9.17) is 0 Å². The third-order valence-electron chi connectivity index (χ3n) is 3.58. The molecule has 0 N–H and O–H groups in total. The van der Waals surface area contributed by atoms with Gasteiger partial charge >= 0.3 is 0 Å². The molecule has 13 heavy (non-hydrogen) atoms. The van der Waals surface area contributed by atoms with E-state index < -0.39 is 0 Å². The Morgan fingerprint density at radius 3 is 2.31 bits per heavy atom. The van der Waals surface area contributed by atoms with Gasteiger partial charge in [-0.05, 0) is 24.2 Å². The molecule has 1 aliphatic rings. The molecule has 0 saturated heterocycles. The first kappa shape index (κ1) is 11.1. The van der Waals surface area contributed by atoms with Crippen LogP contribution in [0, 0.1) is 17.8 Å². The van der Waals surface area contributed by atoms with E-state index in [2.05, 4.69) is 20.8 Å². The van der Waals surface area contributed by atoms with E-state index in [-0.39, 0.29) is 0 Å². The minimum absolute atomic E-state index is 0.947. The molecular weight excluding hydrogens is 156 g/mol. The summed E-state index contributed by atoms with van der Waals surface area (Å²) in [6.07, 6.45) is 10.2. The lowest BCUT2D eigenvalue weighted by Gasteiger charge is -2.26. The fourth-order valence-electron chi connectivity index (χ4n) is 2.78. The summed E-state index contributed by atoms with van der Waals surface area (Å²) in [6.45, 7) is 6.97. The molecule has 0 amide bonds. The van der Waals surface area contributed by atoms with Gasteiger partial charge in [0.2, 0.25) is 0 Å². The molecule has 0 bridgehead atoms. The van der Waals surface area contributed by atoms with Gasteiger partial charge in [-0.3, -0.25) is 0 Å². The van der Waals surface area contributed by atoms with Crippen molar-refractivity contribution in [2.24, 2.45) is 11.8 Å². The number of unbranched alkanes of at least 4 members (excludes halogenated alkanes) is 1. The Morgan fingerprint density at radius 1 is 1.23 bits per heavy atom. The fourth-order valence-corrected chi connectivity index (χ4v) is 2.78. The van der Waals surface area contributed by atoms with Gasteiger partial charge in [-0.2, -0.15) is 0 Å². The molecule has 1 fully saturated rings. The largest absolute Gasteiger partial charge is 0.0654 e. The van der Waals surface area contributed by atoms with E-state index in [9.17, 15) is 0 Å². The predicted octanol–water partition coefficient (Wildman–Crippen LogP) is 4.60. The van der Waals surface area contributed by atoms with Crippen molar-refractivity contribution in [3.8, 4) is 0 Å². The standard InChI is InChI=1S/C13H25/c1-4-5-10-13(11(2)3)12-8-6-7-9-12/h12-13H,4-10H2,1-3H3. The molecule has 1 unspecified atom stereocenters. The first-order valence-electron chi connectivity index (χ1n) is 6.05. The molecule has 1 rings (SSSR count). The van der Waals surface area contributed by atoms with Crippen LogP contribution in [0.3, 0.4) is 0 Å². The van der Waals surface area contributed by atoms with Gasteiger partial charge in [0.15, 0.2) is 0 Å². The lowest BCUT2D eigenvalue weighted by atomic mass is 9.79. The van der Waals surface area contributed by atoms with Crippen LogP contribution in [-0.4, -0.2) is 0 Å². The van der Waals surface area contributed by atoms with Crippen molar-refractivity contribution in [1.82, 2.24) is 0 Å². The molecule has 0 aromatic heterocycles. The summed E-state index contributed by atoms with van der Waals surface area (Å²) in [4.78, 5) is 0. The highest BCUT2D eigenvalue weighted by atomic mass is 14.3. The van der Waals surface area contributed by atoms with E-state index in [1.165, 1.54) is 44.9 Å². The predicted molar refractivity (Wildman–Crippen MR) is 59.6 cm³/mol. The van der Waals surface area contributed by atoms with E-state index >= 15 is 0 Å². The summed E-state index contributed by atoms with van der Waals surface area (Å²) in [6, 6.07) is 0. The van der Waals surface area contributed by atoms with Gasteiger partial charge < -0.3 is 0 Å². The molecule has 0 nitrogen and oxygen atoms in total. The molecule has 77 valence electrons. The molecule has 0 heterocycles. The summed E-state index contributed by atoms with van der Waals surface area (Å²) in [7, 11) is 0. The Labute approximate surface area is 84.1 Å². The van der Waals surface area contributed by atoms with Gasteiger partial charge in [0.05, 0.1) is 0 Å². The van der Waals surface area contributed by atoms with Crippen molar-refractivity contribution in [3.05, 3.63) is 5.92 Å². The lowest BCUT2D eigenvalue weighted by molar-refractivity contribution is 0.325. The van der Waals surface area contributed by atoms with Crippen molar-refractivity contribution in [3.63, 3.8) is 0 Å². The summed E-state index contributed by atoms with van der Waals surface area (Å²) < 4.78 is 0. The molecule has 0 spiro atoms. The zero-order valence-electron chi connectivity index (χ0n) is 9.60. The molecule has 1 radical (unpaired) electrons. The maximum absolute atomic E-state index is 2.33. The minimum Gasteiger partial charge on any atom is -0.0654 e. The highest BCUT2D eigenvalue weighted by Crippen LogP contribution is 2.38. The van der Waals surface area contributed by atoms with Gasteiger partial charge in [0.1, 0.15) is 0 Å². The number of rotatable bonds is 5. The Kier molecular flexibility index (Phi) is 4.83. The van der Waals surface area contributed by atoms with Crippen LogP contribution in [0.15, 0.2) is 0 Å². The molecule has 1 atom stereocenters. The molecule has 1 aliphatic carbocycles. The summed E-state index contributed by atoms with van der Waals surface area (Å²) in [5.41, 5.74) is 0. The van der Waals surface area contributed by atoms with Gasteiger partial charge in [0.25, 0.3) is 0 Å². The van der Waals surface area contributed by atoms with Crippen molar-refractivity contribution in [1.29, 1.82) is 0 Å². The van der Waals surface area contributed by atoms with Gasteiger partial charge in [-0.25, -0.2) is 0 Å². The second kappa shape index (κ2) is 5.67. The van der Waals surface area contributed by atoms with Crippen molar-refractivity contribution >= 4 is 0 Å². The van der Waals surface area contributed by atoms with E-state index in [1.807, 2.05) is 0 Å². The third kappa shape index (κ3) is 3.32. The van der Waals surface area contributed by atoms with Crippen molar-refractivity contribution in [2.45, 2.75) is 65.7 Å². The zero-order chi connectivity index (χ0) is 9.68. The molecule has 0 aliphatic heterocycles. The van der Waals surface area contributed by atoms with E-state index in [0.717, 1.165) is 11.8 Å². The quantitative estimate of drug-likeness (QED) is 0.581. The fraction of sp³-hybridized carbons (Fsp3) is 0.923. The number of hydrogen-bond donors (Lipinski definition) is 0. The zero-order valence-corrected chi connectivity index (χ0v) is 9.60. The Balaban J connectivity index is 2.36. The first-order valence-corrected chi connectivity index (χ1v) is 6.05. The smallest absolute Gasteiger partial charge is 0.0269 e. The van der Waals surface area contributed by atoms with Gasteiger partial charge in [-0.1, -0.05) is 59.3 Å². The van der Waals surface area contributed by atoms with Crippen LogP contribution in [-0.2, 0) is 0 Å². The minimum atomic E-state index is 0.947. The summed E-state index contributed by atoms with van der Waals surface area (Å²) in [5.74, 6) is 3.67. The molecule has 0 heteroatoms. The Morgan fingerprint density at radius 2 is 1.85 bits per heavy atom. The normalized spacial score (nSPS) is 21.2. The maximum Gasteiger partial charge on any atom is -0.0269 e. The lowest BCUT2D eigenvalue weighted by Crippen LogP contribution is -2.16. The SMILES string of the molecule is CCCCC([C](C)C)C1CCCC1.